The Balaban J connectivity index is 1.71. The molecular weight excluding hydrogens is 607 g/mol. The average molecular weight is 634 g/mol. The molecule has 0 aliphatic rings. The number of carbonyl (C=O) groups is 1. The van der Waals surface area contributed by atoms with E-state index >= 15 is 0 Å². The van der Waals surface area contributed by atoms with Crippen LogP contribution in [0.25, 0.3) is 17.3 Å². The number of aryl methyl sites for hydroxylation is 3. The molecule has 3 aromatic carbocycles. The first-order chi connectivity index (χ1) is 21.7. The van der Waals surface area contributed by atoms with Gasteiger partial charge in [-0.15, -0.1) is 11.3 Å². The smallest absolute Gasteiger partial charge is 0.283 e. The lowest BCUT2D eigenvalue weighted by atomic mass is 10.0. The largest absolute Gasteiger partial charge is 0.288 e. The monoisotopic (exact) mass is 633 g/mol. The fourth-order valence-corrected chi connectivity index (χ4v) is 6.61. The van der Waals surface area contributed by atoms with Gasteiger partial charge in [0, 0.05) is 24.0 Å². The number of ketones is 1. The number of nitriles is 1. The van der Waals surface area contributed by atoms with Crippen LogP contribution in [0.2, 0.25) is 0 Å². The van der Waals surface area contributed by atoms with Crippen LogP contribution in [0.1, 0.15) is 46.0 Å². The minimum absolute atomic E-state index is 0.165. The fraction of sp³-hybridized carbons (Fsp3) is 0.147. The molecule has 0 aliphatic heterocycles. The van der Waals surface area contributed by atoms with Crippen LogP contribution in [-0.4, -0.2) is 25.2 Å². The third-order valence-corrected chi connectivity index (χ3v) is 9.01. The Bertz CT molecular complexity index is 2150. The van der Waals surface area contributed by atoms with Crippen LogP contribution >= 0.6 is 23.1 Å². The highest BCUT2D eigenvalue weighted by Gasteiger charge is 2.21. The van der Waals surface area contributed by atoms with Crippen LogP contribution < -0.4 is 14.8 Å². The summed E-state index contributed by atoms with van der Waals surface area (Å²) in [5.74, 6) is -0.493. The van der Waals surface area contributed by atoms with Crippen molar-refractivity contribution < 1.29 is 9.72 Å². The molecule has 0 N–H and O–H groups in total. The van der Waals surface area contributed by atoms with Gasteiger partial charge < -0.3 is 0 Å². The first-order valence-corrected chi connectivity index (χ1v) is 15.7. The number of aromatic nitrogens is 3. The van der Waals surface area contributed by atoms with Crippen molar-refractivity contribution in [3.8, 4) is 11.8 Å². The van der Waals surface area contributed by atoms with Gasteiger partial charge >= 0.3 is 0 Å². The molecule has 0 unspecified atom stereocenters. The first-order valence-electron chi connectivity index (χ1n) is 14.0. The lowest BCUT2D eigenvalue weighted by molar-refractivity contribution is -0.387. The van der Waals surface area contributed by atoms with E-state index in [1.165, 1.54) is 16.7 Å². The molecule has 0 radical (unpaired) electrons. The molecule has 2 heterocycles. The van der Waals surface area contributed by atoms with Crippen LogP contribution in [0.5, 0.6) is 0 Å². The van der Waals surface area contributed by atoms with Gasteiger partial charge in [-0.1, -0.05) is 55.8 Å². The molecule has 2 aromatic heterocycles. The van der Waals surface area contributed by atoms with Crippen molar-refractivity contribution in [1.29, 1.82) is 5.26 Å². The molecule has 11 heteroatoms. The van der Waals surface area contributed by atoms with Crippen molar-refractivity contribution in [1.82, 2.24) is 14.5 Å². The zero-order valence-corrected chi connectivity index (χ0v) is 26.3. The molecule has 0 fully saturated rings. The molecule has 9 nitrogen and oxygen atoms in total. The van der Waals surface area contributed by atoms with E-state index < -0.39 is 16.3 Å². The molecule has 0 amide bonds. The van der Waals surface area contributed by atoms with Crippen molar-refractivity contribution >= 4 is 46.2 Å². The number of Topliss-reactive ketones (excluding diaryl/α,β-unsaturated/α-hetero) is 1. The highest BCUT2D eigenvalue weighted by atomic mass is 32.2. The van der Waals surface area contributed by atoms with E-state index in [-0.39, 0.29) is 20.5 Å². The van der Waals surface area contributed by atoms with Crippen molar-refractivity contribution in [3.05, 3.63) is 137 Å². The van der Waals surface area contributed by atoms with E-state index in [1.807, 2.05) is 44.2 Å². The van der Waals surface area contributed by atoms with Gasteiger partial charge in [-0.3, -0.25) is 24.3 Å². The summed E-state index contributed by atoms with van der Waals surface area (Å²) in [6.07, 6.45) is 6.48. The van der Waals surface area contributed by atoms with E-state index in [0.717, 1.165) is 52.6 Å². The van der Waals surface area contributed by atoms with Gasteiger partial charge in [0.1, 0.15) is 16.3 Å². The Morgan fingerprint density at radius 1 is 1.09 bits per heavy atom. The maximum atomic E-state index is 14.0. The maximum Gasteiger partial charge on any atom is 0.283 e. The summed E-state index contributed by atoms with van der Waals surface area (Å²) in [5, 5.41) is 22.6. The molecule has 0 saturated carbocycles. The highest BCUT2D eigenvalue weighted by molar-refractivity contribution is 7.99. The van der Waals surface area contributed by atoms with Gasteiger partial charge in [0.2, 0.25) is 5.78 Å². The summed E-state index contributed by atoms with van der Waals surface area (Å²) in [7, 11) is 0. The average Bonchev–Trinajstić information content (AvgIpc) is 3.34. The van der Waals surface area contributed by atoms with Crippen LogP contribution in [0.4, 0.5) is 5.69 Å². The molecule has 5 aromatic rings. The van der Waals surface area contributed by atoms with Crippen molar-refractivity contribution in [3.63, 3.8) is 0 Å². The minimum atomic E-state index is -0.497. The first kappa shape index (κ1) is 31.3. The molecule has 0 spiro atoms. The Morgan fingerprint density at radius 3 is 2.49 bits per heavy atom. The summed E-state index contributed by atoms with van der Waals surface area (Å²) >= 11 is 2.06. The van der Waals surface area contributed by atoms with E-state index in [0.29, 0.717) is 26.9 Å². The van der Waals surface area contributed by atoms with Gasteiger partial charge in [-0.2, -0.15) is 5.26 Å². The molecule has 0 saturated heterocycles. The van der Waals surface area contributed by atoms with Gasteiger partial charge in [-0.05, 0) is 78.6 Å². The summed E-state index contributed by atoms with van der Waals surface area (Å²) in [4.78, 5) is 47.8. The van der Waals surface area contributed by atoms with Crippen molar-refractivity contribution in [2.75, 3.05) is 0 Å². The third-order valence-electron chi connectivity index (χ3n) is 6.96. The highest BCUT2D eigenvalue weighted by Crippen LogP contribution is 2.33. The van der Waals surface area contributed by atoms with E-state index in [2.05, 4.69) is 23.0 Å². The number of benzene rings is 3. The Morgan fingerprint density at radius 2 is 1.82 bits per heavy atom. The van der Waals surface area contributed by atoms with E-state index in [4.69, 9.17) is 0 Å². The number of nitro groups is 1. The second-order valence-electron chi connectivity index (χ2n) is 10.2. The SMILES string of the molecule is CCCc1ccc(C(=O)/C(C#N)=c2\s/c(=C\c3ccc(Sc4ncccn4)c([N+](=O)[O-])c3)c(=O)n2-c2cc(C)ccc2C)cc1. The van der Waals surface area contributed by atoms with Crippen molar-refractivity contribution in [2.45, 2.75) is 43.7 Å². The van der Waals surface area contributed by atoms with Gasteiger partial charge in [-0.25, -0.2) is 9.97 Å². The topological polar surface area (TPSA) is 132 Å². The fourth-order valence-electron chi connectivity index (χ4n) is 4.72. The Hall–Kier alpha value is -5.18. The number of carbonyl (C=O) groups excluding carboxylic acids is 1. The number of nitrogens with zero attached hydrogens (tertiary/aromatic N) is 5. The van der Waals surface area contributed by atoms with Crippen LogP contribution in [0.3, 0.4) is 0 Å². The second-order valence-corrected chi connectivity index (χ2v) is 12.3. The minimum Gasteiger partial charge on any atom is -0.288 e. The lowest BCUT2D eigenvalue weighted by Gasteiger charge is -2.09. The van der Waals surface area contributed by atoms with E-state index in [1.54, 1.807) is 42.7 Å². The molecule has 0 atom stereocenters. The van der Waals surface area contributed by atoms with Gasteiger partial charge in [0.05, 0.1) is 20.0 Å². The summed E-state index contributed by atoms with van der Waals surface area (Å²) < 4.78 is 1.80. The molecular formula is C34H27N5O4S2. The second kappa shape index (κ2) is 13.6. The summed E-state index contributed by atoms with van der Waals surface area (Å²) in [6.45, 7) is 5.82. The molecule has 45 heavy (non-hydrogen) atoms. The predicted molar refractivity (Wildman–Crippen MR) is 175 cm³/mol. The van der Waals surface area contributed by atoms with Gasteiger partial charge in [0.15, 0.2) is 5.16 Å². The zero-order chi connectivity index (χ0) is 32.1. The molecule has 224 valence electrons. The maximum absolute atomic E-state index is 14.0. The number of hydrogen-bond acceptors (Lipinski definition) is 9. The number of hydrogen-bond donors (Lipinski definition) is 0. The quantitative estimate of drug-likeness (QED) is 0.0874. The molecule has 0 bridgehead atoms. The molecule has 0 aliphatic carbocycles. The van der Waals surface area contributed by atoms with Crippen LogP contribution in [0.15, 0.2) is 94.0 Å². The zero-order valence-electron chi connectivity index (χ0n) is 24.7. The van der Waals surface area contributed by atoms with Gasteiger partial charge in [0.25, 0.3) is 11.2 Å². The lowest BCUT2D eigenvalue weighted by Crippen LogP contribution is -2.32. The van der Waals surface area contributed by atoms with Crippen LogP contribution in [-0.2, 0) is 6.42 Å². The summed E-state index contributed by atoms with van der Waals surface area (Å²) in [6, 6.07) is 21.1. The number of thiazole rings is 1. The Labute approximate surface area is 267 Å². The summed E-state index contributed by atoms with van der Waals surface area (Å²) in [5.41, 5.74) is 3.29. The predicted octanol–water partition coefficient (Wildman–Crippen LogP) is 5.70. The van der Waals surface area contributed by atoms with Crippen molar-refractivity contribution in [2.24, 2.45) is 0 Å². The van der Waals surface area contributed by atoms with Crippen LogP contribution in [0, 0.1) is 35.3 Å². The number of nitro benzene ring substituents is 1. The normalized spacial score (nSPS) is 12.1. The standard InChI is InChI=1S/C34H27N5O4S2/c1-4-6-23-9-12-25(13-10-23)31(40)26(20-35)33-38(27-17-21(2)7-8-22(27)3)32(41)30(44-33)19-24-11-14-29(28(18-24)39(42)43)45-34-36-15-5-16-37-34/h5,7-19H,4,6H2,1-3H3/b30-19-,33-26-. The molecule has 5 rings (SSSR count). The Kier molecular flexibility index (Phi) is 9.47. The third kappa shape index (κ3) is 6.82. The van der Waals surface area contributed by atoms with E-state index in [9.17, 15) is 25.0 Å². The number of rotatable bonds is 9.